The smallest absolute Gasteiger partial charge is 0.434 e. The van der Waals surface area contributed by atoms with Crippen molar-refractivity contribution in [3.8, 4) is 11.4 Å². The molecule has 1 aromatic heterocycles. The maximum absolute atomic E-state index is 13.0. The van der Waals surface area contributed by atoms with Crippen molar-refractivity contribution in [1.82, 2.24) is 14.9 Å². The van der Waals surface area contributed by atoms with Crippen LogP contribution in [0.25, 0.3) is 11.4 Å². The lowest BCUT2D eigenvalue weighted by Gasteiger charge is -2.19. The Labute approximate surface area is 156 Å². The van der Waals surface area contributed by atoms with E-state index in [4.69, 9.17) is 4.74 Å². The first-order chi connectivity index (χ1) is 12.4. The van der Waals surface area contributed by atoms with E-state index in [-0.39, 0.29) is 18.4 Å². The molecule has 2 aromatic rings. The van der Waals surface area contributed by atoms with Gasteiger partial charge in [-0.1, -0.05) is 24.3 Å². The van der Waals surface area contributed by atoms with Gasteiger partial charge in [0.1, 0.15) is 11.4 Å². The number of aromatic nitrogens is 2. The molecule has 0 unspecified atom stereocenters. The lowest BCUT2D eigenvalue weighted by Crippen LogP contribution is -2.32. The van der Waals surface area contributed by atoms with Crippen molar-refractivity contribution < 1.29 is 22.7 Å². The fourth-order valence-electron chi connectivity index (χ4n) is 2.40. The molecule has 0 saturated carbocycles. The first kappa shape index (κ1) is 20.8. The number of nitrogens with zero attached hydrogens (tertiary/aromatic N) is 2. The molecule has 0 radical (unpaired) electrons. The number of rotatable bonds is 4. The summed E-state index contributed by atoms with van der Waals surface area (Å²) in [6.07, 6.45) is -4.00. The summed E-state index contributed by atoms with van der Waals surface area (Å²) >= 11 is 0. The summed E-state index contributed by atoms with van der Waals surface area (Å²) < 4.78 is 45.6. The molecular weight excluding hydrogens is 359 g/mol. The molecule has 0 fully saturated rings. The molecule has 0 aliphatic heterocycles. The molecular formula is C19H24F3N3O2. The molecule has 1 amide bonds. The number of alkyl carbamates (subject to hydrolysis) is 1. The van der Waals surface area contributed by atoms with Gasteiger partial charge in [0.2, 0.25) is 0 Å². The lowest BCUT2D eigenvalue weighted by atomic mass is 10.1. The van der Waals surface area contributed by atoms with E-state index >= 15 is 0 Å². The zero-order valence-electron chi connectivity index (χ0n) is 16.0. The maximum atomic E-state index is 13.0. The monoisotopic (exact) mass is 383 g/mol. The molecule has 0 saturated heterocycles. The topological polar surface area (TPSA) is 56.2 Å². The van der Waals surface area contributed by atoms with Gasteiger partial charge in [0, 0.05) is 24.3 Å². The molecule has 0 spiro atoms. The second-order valence-electron chi connectivity index (χ2n) is 7.50. The van der Waals surface area contributed by atoms with Crippen molar-refractivity contribution >= 4 is 6.09 Å². The largest absolute Gasteiger partial charge is 0.444 e. The van der Waals surface area contributed by atoms with Gasteiger partial charge in [-0.25, -0.2) is 9.78 Å². The number of hydrogen-bond donors (Lipinski definition) is 1. The highest BCUT2D eigenvalue weighted by atomic mass is 19.4. The Kier molecular flexibility index (Phi) is 5.87. The predicted molar refractivity (Wildman–Crippen MR) is 96.1 cm³/mol. The minimum atomic E-state index is -4.49. The molecule has 0 bridgehead atoms. The molecule has 0 atom stereocenters. The van der Waals surface area contributed by atoms with E-state index < -0.39 is 23.6 Å². The summed E-state index contributed by atoms with van der Waals surface area (Å²) in [6, 6.07) is 6.68. The third kappa shape index (κ3) is 5.74. The highest BCUT2D eigenvalue weighted by Crippen LogP contribution is 2.32. The minimum absolute atomic E-state index is 0.169. The van der Waals surface area contributed by atoms with Crippen LogP contribution < -0.4 is 5.32 Å². The van der Waals surface area contributed by atoms with Crippen molar-refractivity contribution in [2.75, 3.05) is 0 Å². The van der Waals surface area contributed by atoms with Crippen molar-refractivity contribution in [2.45, 2.75) is 59.0 Å². The van der Waals surface area contributed by atoms with E-state index in [0.29, 0.717) is 5.56 Å². The van der Waals surface area contributed by atoms with Gasteiger partial charge in [-0.15, -0.1) is 0 Å². The molecule has 5 nitrogen and oxygen atoms in total. The summed E-state index contributed by atoms with van der Waals surface area (Å²) in [6.45, 7) is 9.16. The Morgan fingerprint density at radius 3 is 2.26 bits per heavy atom. The third-order valence-corrected chi connectivity index (χ3v) is 3.63. The number of carbonyl (C=O) groups is 1. The van der Waals surface area contributed by atoms with E-state index in [2.05, 4.69) is 10.3 Å². The van der Waals surface area contributed by atoms with Gasteiger partial charge in [0.15, 0.2) is 5.69 Å². The van der Waals surface area contributed by atoms with Crippen LogP contribution in [0, 0.1) is 0 Å². The molecule has 27 heavy (non-hydrogen) atoms. The van der Waals surface area contributed by atoms with E-state index in [9.17, 15) is 18.0 Å². The van der Waals surface area contributed by atoms with Crippen molar-refractivity contribution in [3.05, 3.63) is 41.7 Å². The van der Waals surface area contributed by atoms with Crippen LogP contribution in [0.2, 0.25) is 0 Å². The van der Waals surface area contributed by atoms with Crippen molar-refractivity contribution in [3.63, 3.8) is 0 Å². The zero-order valence-corrected chi connectivity index (χ0v) is 16.0. The third-order valence-electron chi connectivity index (χ3n) is 3.63. The van der Waals surface area contributed by atoms with Crippen LogP contribution in [0.3, 0.4) is 0 Å². The second-order valence-corrected chi connectivity index (χ2v) is 7.50. The Morgan fingerprint density at radius 2 is 1.78 bits per heavy atom. The van der Waals surface area contributed by atoms with Crippen molar-refractivity contribution in [2.24, 2.45) is 0 Å². The predicted octanol–water partition coefficient (Wildman–Crippen LogP) is 5.17. The molecule has 8 heteroatoms. The van der Waals surface area contributed by atoms with Gasteiger partial charge in [-0.05, 0) is 40.2 Å². The van der Waals surface area contributed by atoms with Crippen LogP contribution in [0.5, 0.6) is 0 Å². The van der Waals surface area contributed by atoms with Crippen LogP contribution in [0.15, 0.2) is 30.5 Å². The Balaban J connectivity index is 2.15. The van der Waals surface area contributed by atoms with Crippen LogP contribution in [-0.4, -0.2) is 21.2 Å². The van der Waals surface area contributed by atoms with Gasteiger partial charge >= 0.3 is 12.3 Å². The maximum Gasteiger partial charge on any atom is 0.434 e. The van der Waals surface area contributed by atoms with Crippen LogP contribution in [0.4, 0.5) is 18.0 Å². The van der Waals surface area contributed by atoms with E-state index in [1.807, 2.05) is 0 Å². The zero-order chi connectivity index (χ0) is 20.4. The number of amides is 1. The molecule has 2 rings (SSSR count). The molecule has 1 aromatic carbocycles. The number of nitrogens with one attached hydrogen (secondary N) is 1. The summed E-state index contributed by atoms with van der Waals surface area (Å²) in [7, 11) is 0. The normalized spacial score (nSPS) is 12.3. The van der Waals surface area contributed by atoms with Crippen LogP contribution in [-0.2, 0) is 17.5 Å². The molecule has 148 valence electrons. The quantitative estimate of drug-likeness (QED) is 0.792. The Hall–Kier alpha value is -2.51. The second kappa shape index (κ2) is 7.62. The lowest BCUT2D eigenvalue weighted by molar-refractivity contribution is -0.140. The standard InChI is InChI=1S/C19H24F3N3O2/c1-12(2)25-11-15(19(20,21)22)24-16(25)14-8-6-13(7-9-14)10-23-17(26)27-18(3,4)5/h6-9,11-12H,10H2,1-5H3,(H,23,26). The molecule has 1 heterocycles. The Bertz CT molecular complexity index is 788. The van der Waals surface area contributed by atoms with Crippen LogP contribution in [0.1, 0.15) is 51.9 Å². The van der Waals surface area contributed by atoms with Gasteiger partial charge in [-0.3, -0.25) is 0 Å². The van der Waals surface area contributed by atoms with Crippen LogP contribution >= 0.6 is 0 Å². The van der Waals surface area contributed by atoms with Gasteiger partial charge < -0.3 is 14.6 Å². The van der Waals surface area contributed by atoms with E-state index in [1.165, 1.54) is 4.57 Å². The number of hydrogen-bond acceptors (Lipinski definition) is 3. The average Bonchev–Trinajstić information content (AvgIpc) is 2.97. The first-order valence-corrected chi connectivity index (χ1v) is 8.59. The summed E-state index contributed by atoms with van der Waals surface area (Å²) in [5.41, 5.74) is -0.136. The molecule has 0 aliphatic rings. The molecule has 1 N–H and O–H groups in total. The van der Waals surface area contributed by atoms with Gasteiger partial charge in [0.05, 0.1) is 0 Å². The molecule has 0 aliphatic carbocycles. The number of imidazole rings is 1. The number of carbonyl (C=O) groups excluding carboxylic acids is 1. The number of halogens is 3. The average molecular weight is 383 g/mol. The van der Waals surface area contributed by atoms with Gasteiger partial charge in [0.25, 0.3) is 0 Å². The Morgan fingerprint density at radius 1 is 1.19 bits per heavy atom. The number of alkyl halides is 3. The minimum Gasteiger partial charge on any atom is -0.444 e. The fourth-order valence-corrected chi connectivity index (χ4v) is 2.40. The van der Waals surface area contributed by atoms with E-state index in [1.54, 1.807) is 58.9 Å². The summed E-state index contributed by atoms with van der Waals surface area (Å²) in [4.78, 5) is 15.4. The SMILES string of the molecule is CC(C)n1cc(C(F)(F)F)nc1-c1ccc(CNC(=O)OC(C)(C)C)cc1. The summed E-state index contributed by atoms with van der Waals surface area (Å²) in [5.74, 6) is 0.254. The highest BCUT2D eigenvalue weighted by molar-refractivity contribution is 5.67. The highest BCUT2D eigenvalue weighted by Gasteiger charge is 2.35. The van der Waals surface area contributed by atoms with E-state index in [0.717, 1.165) is 11.8 Å². The first-order valence-electron chi connectivity index (χ1n) is 8.59. The number of benzene rings is 1. The van der Waals surface area contributed by atoms with Crippen molar-refractivity contribution in [1.29, 1.82) is 0 Å². The summed E-state index contributed by atoms with van der Waals surface area (Å²) in [5, 5.41) is 2.64. The fraction of sp³-hybridized carbons (Fsp3) is 0.474. The number of ether oxygens (including phenoxy) is 1. The van der Waals surface area contributed by atoms with Gasteiger partial charge in [-0.2, -0.15) is 13.2 Å².